The largest absolute Gasteiger partial charge is 0.372 e. The quantitative estimate of drug-likeness (QED) is 0.736. The minimum Gasteiger partial charge on any atom is -0.372 e. The molecule has 0 unspecified atom stereocenters. The average molecular weight is 272 g/mol. The summed E-state index contributed by atoms with van der Waals surface area (Å²) in [6, 6.07) is 1.87. The standard InChI is InChI=1S/C12H12N6S/c1-8-3-4-15-12(16-8)19-11-10-14-5-6-18(10)7-9(13-2)17-11/h3-7,13H,1-2H3. The van der Waals surface area contributed by atoms with Crippen LogP contribution < -0.4 is 5.32 Å². The van der Waals surface area contributed by atoms with Crippen molar-refractivity contribution >= 4 is 23.2 Å². The highest BCUT2D eigenvalue weighted by molar-refractivity contribution is 7.99. The molecule has 0 bridgehead atoms. The molecular weight excluding hydrogens is 260 g/mol. The zero-order valence-electron chi connectivity index (χ0n) is 10.5. The summed E-state index contributed by atoms with van der Waals surface area (Å²) >= 11 is 1.41. The van der Waals surface area contributed by atoms with Gasteiger partial charge in [-0.1, -0.05) is 0 Å². The van der Waals surface area contributed by atoms with Gasteiger partial charge in [-0.15, -0.1) is 0 Å². The highest BCUT2D eigenvalue weighted by atomic mass is 32.2. The highest BCUT2D eigenvalue weighted by Crippen LogP contribution is 2.27. The summed E-state index contributed by atoms with van der Waals surface area (Å²) in [4.78, 5) is 17.4. The van der Waals surface area contributed by atoms with Crippen molar-refractivity contribution in [3.05, 3.63) is 36.5 Å². The van der Waals surface area contributed by atoms with Crippen molar-refractivity contribution in [2.45, 2.75) is 17.1 Å². The molecule has 0 spiro atoms. The fourth-order valence-electron chi connectivity index (χ4n) is 1.65. The molecule has 0 aromatic carbocycles. The number of fused-ring (bicyclic) bond motifs is 1. The summed E-state index contributed by atoms with van der Waals surface area (Å²) in [5.41, 5.74) is 1.73. The van der Waals surface area contributed by atoms with Crippen LogP contribution in [-0.4, -0.2) is 31.4 Å². The first-order valence-corrected chi connectivity index (χ1v) is 6.57. The number of nitrogens with zero attached hydrogens (tertiary/aromatic N) is 5. The predicted molar refractivity (Wildman–Crippen MR) is 73.4 cm³/mol. The van der Waals surface area contributed by atoms with E-state index < -0.39 is 0 Å². The van der Waals surface area contributed by atoms with Gasteiger partial charge in [0.15, 0.2) is 10.8 Å². The third kappa shape index (κ3) is 2.37. The summed E-state index contributed by atoms with van der Waals surface area (Å²) in [6.45, 7) is 1.94. The summed E-state index contributed by atoms with van der Waals surface area (Å²) in [6.07, 6.45) is 7.27. The van der Waals surface area contributed by atoms with Crippen LogP contribution in [0.5, 0.6) is 0 Å². The monoisotopic (exact) mass is 272 g/mol. The normalized spacial score (nSPS) is 10.8. The van der Waals surface area contributed by atoms with Gasteiger partial charge in [0.25, 0.3) is 0 Å². The van der Waals surface area contributed by atoms with E-state index in [0.717, 1.165) is 22.2 Å². The molecule has 0 radical (unpaired) electrons. The molecule has 1 N–H and O–H groups in total. The topological polar surface area (TPSA) is 68.0 Å². The van der Waals surface area contributed by atoms with Gasteiger partial charge in [-0.2, -0.15) is 0 Å². The number of aryl methyl sites for hydroxylation is 1. The van der Waals surface area contributed by atoms with Crippen molar-refractivity contribution in [1.82, 2.24) is 24.3 Å². The lowest BCUT2D eigenvalue weighted by Crippen LogP contribution is -1.99. The van der Waals surface area contributed by atoms with Gasteiger partial charge >= 0.3 is 0 Å². The molecule has 3 aromatic heterocycles. The molecule has 0 aliphatic heterocycles. The molecule has 96 valence electrons. The second-order valence-electron chi connectivity index (χ2n) is 3.92. The molecule has 0 fully saturated rings. The second-order valence-corrected chi connectivity index (χ2v) is 4.88. The van der Waals surface area contributed by atoms with Crippen LogP contribution in [0.2, 0.25) is 0 Å². The van der Waals surface area contributed by atoms with Crippen molar-refractivity contribution in [2.75, 3.05) is 12.4 Å². The Morgan fingerprint density at radius 2 is 2.11 bits per heavy atom. The zero-order valence-corrected chi connectivity index (χ0v) is 11.3. The number of nitrogens with one attached hydrogen (secondary N) is 1. The lowest BCUT2D eigenvalue weighted by atomic mass is 10.5. The predicted octanol–water partition coefficient (Wildman–Crippen LogP) is 2.02. The molecule has 0 amide bonds. The highest BCUT2D eigenvalue weighted by Gasteiger charge is 2.10. The minimum atomic E-state index is 0.672. The second kappa shape index (κ2) is 4.85. The molecule has 0 aliphatic carbocycles. The Balaban J connectivity index is 2.06. The van der Waals surface area contributed by atoms with Crippen molar-refractivity contribution < 1.29 is 0 Å². The maximum atomic E-state index is 4.51. The Labute approximate surface area is 114 Å². The van der Waals surface area contributed by atoms with Crippen LogP contribution in [0.25, 0.3) is 5.65 Å². The number of hydrogen-bond donors (Lipinski definition) is 1. The van der Waals surface area contributed by atoms with Crippen LogP contribution in [0.4, 0.5) is 5.82 Å². The van der Waals surface area contributed by atoms with Gasteiger partial charge in [-0.25, -0.2) is 19.9 Å². The maximum Gasteiger partial charge on any atom is 0.194 e. The summed E-state index contributed by atoms with van der Waals surface area (Å²) in [5.74, 6) is 0.778. The van der Waals surface area contributed by atoms with Crippen LogP contribution in [0, 0.1) is 6.92 Å². The number of anilines is 1. The maximum absolute atomic E-state index is 4.51. The molecule has 0 saturated heterocycles. The Morgan fingerprint density at radius 3 is 2.89 bits per heavy atom. The Bertz CT molecular complexity index is 723. The number of aromatic nitrogens is 5. The first-order valence-electron chi connectivity index (χ1n) is 5.75. The van der Waals surface area contributed by atoms with Gasteiger partial charge in [-0.3, -0.25) is 0 Å². The zero-order chi connectivity index (χ0) is 13.2. The van der Waals surface area contributed by atoms with E-state index >= 15 is 0 Å². The Hall–Kier alpha value is -2.15. The third-order valence-electron chi connectivity index (χ3n) is 2.56. The smallest absolute Gasteiger partial charge is 0.194 e. The molecular formula is C12H12N6S. The van der Waals surface area contributed by atoms with E-state index in [1.165, 1.54) is 11.8 Å². The first kappa shape index (κ1) is 11.9. The van der Waals surface area contributed by atoms with Gasteiger partial charge in [0.1, 0.15) is 10.8 Å². The van der Waals surface area contributed by atoms with E-state index in [-0.39, 0.29) is 0 Å². The SMILES string of the molecule is CNc1cn2ccnc2c(Sc2nccc(C)n2)n1. The number of imidazole rings is 1. The lowest BCUT2D eigenvalue weighted by Gasteiger charge is -2.05. The average Bonchev–Trinajstić information content (AvgIpc) is 2.87. The summed E-state index contributed by atoms with van der Waals surface area (Å²) in [5, 5.41) is 4.48. The Morgan fingerprint density at radius 1 is 1.21 bits per heavy atom. The van der Waals surface area contributed by atoms with Crippen molar-refractivity contribution in [3.8, 4) is 0 Å². The molecule has 0 atom stereocenters. The van der Waals surface area contributed by atoms with E-state index in [9.17, 15) is 0 Å². The fourth-order valence-corrected chi connectivity index (χ4v) is 2.52. The van der Waals surface area contributed by atoms with Crippen molar-refractivity contribution in [1.29, 1.82) is 0 Å². The summed E-state index contributed by atoms with van der Waals surface area (Å²) < 4.78 is 1.93. The first-order chi connectivity index (χ1) is 9.26. The van der Waals surface area contributed by atoms with Gasteiger partial charge in [0.05, 0.1) is 6.20 Å². The molecule has 0 saturated carbocycles. The van der Waals surface area contributed by atoms with E-state index in [2.05, 4.69) is 25.3 Å². The lowest BCUT2D eigenvalue weighted by molar-refractivity contribution is 0.925. The number of rotatable bonds is 3. The molecule has 3 rings (SSSR count). The molecule has 6 nitrogen and oxygen atoms in total. The van der Waals surface area contributed by atoms with Crippen LogP contribution in [0.1, 0.15) is 5.69 Å². The van der Waals surface area contributed by atoms with E-state index in [4.69, 9.17) is 0 Å². The van der Waals surface area contributed by atoms with Gasteiger partial charge < -0.3 is 9.72 Å². The molecule has 0 aliphatic rings. The van der Waals surface area contributed by atoms with Crippen molar-refractivity contribution in [2.24, 2.45) is 0 Å². The third-order valence-corrected chi connectivity index (χ3v) is 3.41. The van der Waals surface area contributed by atoms with Crippen LogP contribution >= 0.6 is 11.8 Å². The molecule has 3 aromatic rings. The van der Waals surface area contributed by atoms with E-state index in [1.54, 1.807) is 12.4 Å². The van der Waals surface area contributed by atoms with Gasteiger partial charge in [0, 0.05) is 31.3 Å². The van der Waals surface area contributed by atoms with E-state index in [0.29, 0.717) is 5.16 Å². The molecule has 7 heteroatoms. The van der Waals surface area contributed by atoms with Crippen LogP contribution in [-0.2, 0) is 0 Å². The fraction of sp³-hybridized carbons (Fsp3) is 0.167. The summed E-state index contributed by atoms with van der Waals surface area (Å²) in [7, 11) is 1.84. The van der Waals surface area contributed by atoms with Crippen LogP contribution in [0.15, 0.2) is 41.0 Å². The van der Waals surface area contributed by atoms with Crippen molar-refractivity contribution in [3.63, 3.8) is 0 Å². The van der Waals surface area contributed by atoms with E-state index in [1.807, 2.05) is 36.8 Å². The van der Waals surface area contributed by atoms with Gasteiger partial charge in [-0.05, 0) is 24.8 Å². The Kier molecular flexibility index (Phi) is 3.04. The minimum absolute atomic E-state index is 0.672. The number of hydrogen-bond acceptors (Lipinski definition) is 6. The van der Waals surface area contributed by atoms with Gasteiger partial charge in [0.2, 0.25) is 0 Å². The van der Waals surface area contributed by atoms with Crippen LogP contribution in [0.3, 0.4) is 0 Å². The molecule has 3 heterocycles. The molecule has 19 heavy (non-hydrogen) atoms.